The summed E-state index contributed by atoms with van der Waals surface area (Å²) in [4.78, 5) is 28.5. The zero-order valence-electron chi connectivity index (χ0n) is 24.6. The van der Waals surface area contributed by atoms with Crippen LogP contribution >= 0.6 is 0 Å². The summed E-state index contributed by atoms with van der Waals surface area (Å²) in [5.41, 5.74) is 3.75. The highest BCUT2D eigenvalue weighted by Crippen LogP contribution is 2.50. The monoisotopic (exact) mass is 605 g/mol. The van der Waals surface area contributed by atoms with Crippen molar-refractivity contribution in [3.05, 3.63) is 95.8 Å². The number of hydrogen-bond donors (Lipinski definition) is 1. The van der Waals surface area contributed by atoms with Crippen LogP contribution in [0.4, 0.5) is 4.39 Å². The van der Waals surface area contributed by atoms with E-state index in [1.165, 1.54) is 28.3 Å². The molecule has 1 heterocycles. The Morgan fingerprint density at radius 2 is 1.51 bits per heavy atom. The maximum atomic E-state index is 13.6. The second-order valence-corrected chi connectivity index (χ2v) is 13.7. The average Bonchev–Trinajstić information content (AvgIpc) is 3.80. The molecule has 0 radical (unpaired) electrons. The Bertz CT molecular complexity index is 1490. The van der Waals surface area contributed by atoms with Gasteiger partial charge in [-0.3, -0.25) is 9.59 Å². The first-order valence-corrected chi connectivity index (χ1v) is 17.0. The largest absolute Gasteiger partial charge is 0.340 e. The van der Waals surface area contributed by atoms with E-state index in [1.54, 1.807) is 17.0 Å². The van der Waals surface area contributed by atoms with E-state index in [2.05, 4.69) is 5.32 Å². The Labute approximate surface area is 254 Å². The normalized spacial score (nSPS) is 19.5. The van der Waals surface area contributed by atoms with E-state index in [1.807, 2.05) is 54.6 Å². The number of rotatable bonds is 12. The number of sulfonamides is 1. The van der Waals surface area contributed by atoms with Crippen LogP contribution in [0.15, 0.2) is 78.9 Å². The molecule has 3 atom stereocenters. The van der Waals surface area contributed by atoms with Gasteiger partial charge in [0, 0.05) is 31.7 Å². The molecule has 1 saturated heterocycles. The van der Waals surface area contributed by atoms with Gasteiger partial charge < -0.3 is 10.2 Å². The Morgan fingerprint density at radius 3 is 2.16 bits per heavy atom. The molecule has 1 aliphatic carbocycles. The van der Waals surface area contributed by atoms with Gasteiger partial charge in [-0.1, -0.05) is 73.9 Å². The molecule has 2 aliphatic rings. The van der Waals surface area contributed by atoms with Crippen molar-refractivity contribution in [3.8, 4) is 11.1 Å². The Kier molecular flexibility index (Phi) is 9.93. The van der Waals surface area contributed by atoms with E-state index in [0.717, 1.165) is 43.2 Å². The fraction of sp³-hybridized carbons (Fsp3) is 0.412. The second kappa shape index (κ2) is 13.8. The van der Waals surface area contributed by atoms with Crippen molar-refractivity contribution in [2.75, 3.05) is 32.4 Å². The topological polar surface area (TPSA) is 86.8 Å². The number of halogens is 1. The number of carbonyl (C=O) groups excluding carboxylic acids is 2. The lowest BCUT2D eigenvalue weighted by molar-refractivity contribution is -0.134. The minimum Gasteiger partial charge on any atom is -0.340 e. The number of amides is 2. The Balaban J connectivity index is 1.16. The molecule has 2 fully saturated rings. The minimum atomic E-state index is -3.31. The molecule has 43 heavy (non-hydrogen) atoms. The highest BCUT2D eigenvalue weighted by Gasteiger charge is 2.37. The summed E-state index contributed by atoms with van der Waals surface area (Å²) in [6, 6.07) is 23.4. The first-order chi connectivity index (χ1) is 20.7. The highest BCUT2D eigenvalue weighted by atomic mass is 32.2. The van der Waals surface area contributed by atoms with E-state index in [-0.39, 0.29) is 30.7 Å². The number of benzene rings is 3. The molecular formula is C34H40FN3O4S. The summed E-state index contributed by atoms with van der Waals surface area (Å²) < 4.78 is 38.5. The van der Waals surface area contributed by atoms with Gasteiger partial charge in [-0.2, -0.15) is 4.31 Å². The molecule has 9 heteroatoms. The molecular weight excluding hydrogens is 565 g/mol. The van der Waals surface area contributed by atoms with Crippen LogP contribution in [-0.4, -0.2) is 67.9 Å². The Morgan fingerprint density at radius 1 is 0.860 bits per heavy atom. The summed E-state index contributed by atoms with van der Waals surface area (Å²) in [6.45, 7) is 1.11. The lowest BCUT2D eigenvalue weighted by atomic mass is 10.0. The van der Waals surface area contributed by atoms with Crippen LogP contribution in [0.25, 0.3) is 11.1 Å². The van der Waals surface area contributed by atoms with Crippen LogP contribution in [0.3, 0.4) is 0 Å². The molecule has 0 spiro atoms. The molecule has 7 nitrogen and oxygen atoms in total. The average molecular weight is 606 g/mol. The van der Waals surface area contributed by atoms with Gasteiger partial charge in [0.25, 0.3) is 5.91 Å². The van der Waals surface area contributed by atoms with Gasteiger partial charge >= 0.3 is 0 Å². The molecule has 228 valence electrons. The van der Waals surface area contributed by atoms with Gasteiger partial charge in [-0.05, 0) is 72.1 Å². The molecule has 1 aliphatic heterocycles. The lowest BCUT2D eigenvalue weighted by Crippen LogP contribution is -2.55. The quantitative estimate of drug-likeness (QED) is 0.278. The van der Waals surface area contributed by atoms with Gasteiger partial charge in [0.2, 0.25) is 15.9 Å². The van der Waals surface area contributed by atoms with Crippen LogP contribution in [-0.2, 0) is 14.8 Å². The maximum absolute atomic E-state index is 13.6. The van der Waals surface area contributed by atoms with E-state index in [9.17, 15) is 22.4 Å². The molecule has 0 unspecified atom stereocenters. The molecule has 0 bridgehead atoms. The standard InChI is InChI=1S/C34H40FN3O4S/c1-43(41,42)38-22-20-37(21-23-38)34(40)32(11-7-3-6-10-29-24-31(29)27-16-18-30(35)19-17-27)36-33(39)28-14-12-26(13-15-28)25-8-4-2-5-9-25/h2,4-5,8-9,12-19,29,31-32H,3,6-7,10-11,20-24H2,1H3,(H,36,39)/t29-,31+,32-/m0/s1. The van der Waals surface area contributed by atoms with E-state index in [0.29, 0.717) is 36.9 Å². The first kappa shape index (κ1) is 30.9. The van der Waals surface area contributed by atoms with Crippen LogP contribution < -0.4 is 5.32 Å². The number of carbonyl (C=O) groups is 2. The van der Waals surface area contributed by atoms with Crippen LogP contribution in [0.5, 0.6) is 0 Å². The van der Waals surface area contributed by atoms with Crippen molar-refractivity contribution in [3.63, 3.8) is 0 Å². The van der Waals surface area contributed by atoms with Gasteiger partial charge in [0.1, 0.15) is 11.9 Å². The third-order valence-electron chi connectivity index (χ3n) is 8.67. The third kappa shape index (κ3) is 8.30. The predicted molar refractivity (Wildman–Crippen MR) is 166 cm³/mol. The molecule has 0 aromatic heterocycles. The van der Waals surface area contributed by atoms with Crippen molar-refractivity contribution in [1.82, 2.24) is 14.5 Å². The molecule has 3 aromatic carbocycles. The van der Waals surface area contributed by atoms with Crippen molar-refractivity contribution in [2.24, 2.45) is 5.92 Å². The van der Waals surface area contributed by atoms with Gasteiger partial charge in [0.05, 0.1) is 6.26 Å². The summed E-state index contributed by atoms with van der Waals surface area (Å²) >= 11 is 0. The maximum Gasteiger partial charge on any atom is 0.251 e. The van der Waals surface area contributed by atoms with Gasteiger partial charge in [-0.15, -0.1) is 0 Å². The fourth-order valence-corrected chi connectivity index (χ4v) is 6.85. The van der Waals surface area contributed by atoms with Crippen molar-refractivity contribution < 1.29 is 22.4 Å². The van der Waals surface area contributed by atoms with Crippen LogP contribution in [0, 0.1) is 11.7 Å². The smallest absolute Gasteiger partial charge is 0.251 e. The summed E-state index contributed by atoms with van der Waals surface area (Å²) in [5, 5.41) is 2.98. The zero-order valence-corrected chi connectivity index (χ0v) is 25.4. The Hall–Kier alpha value is -3.56. The van der Waals surface area contributed by atoms with Crippen molar-refractivity contribution >= 4 is 21.8 Å². The SMILES string of the molecule is CS(=O)(=O)N1CCN(C(=O)[C@H](CCCCC[C@H]2C[C@@H]2c2ccc(F)cc2)NC(=O)c2ccc(-c3ccccc3)cc2)CC1. The predicted octanol–water partition coefficient (Wildman–Crippen LogP) is 5.45. The van der Waals surface area contributed by atoms with E-state index in [4.69, 9.17) is 0 Å². The molecule has 1 N–H and O–H groups in total. The summed E-state index contributed by atoms with van der Waals surface area (Å²) in [5.74, 6) is 0.452. The molecule has 5 rings (SSSR count). The zero-order chi connectivity index (χ0) is 30.4. The van der Waals surface area contributed by atoms with Crippen LogP contribution in [0.1, 0.15) is 60.4 Å². The minimum absolute atomic E-state index is 0.166. The van der Waals surface area contributed by atoms with Gasteiger partial charge in [0.15, 0.2) is 0 Å². The van der Waals surface area contributed by atoms with Crippen molar-refractivity contribution in [2.45, 2.75) is 50.5 Å². The lowest BCUT2D eigenvalue weighted by Gasteiger charge is -2.35. The number of unbranched alkanes of at least 4 members (excludes halogenated alkanes) is 2. The number of hydrogen-bond acceptors (Lipinski definition) is 4. The molecule has 2 amide bonds. The third-order valence-corrected chi connectivity index (χ3v) is 9.97. The van der Waals surface area contributed by atoms with Gasteiger partial charge in [-0.25, -0.2) is 12.8 Å². The van der Waals surface area contributed by atoms with Crippen LogP contribution in [0.2, 0.25) is 0 Å². The number of piperazine rings is 1. The molecule has 1 saturated carbocycles. The van der Waals surface area contributed by atoms with Crippen molar-refractivity contribution in [1.29, 1.82) is 0 Å². The summed E-state index contributed by atoms with van der Waals surface area (Å²) in [7, 11) is -3.31. The van der Waals surface area contributed by atoms with E-state index < -0.39 is 16.1 Å². The number of nitrogens with zero attached hydrogens (tertiary/aromatic N) is 2. The highest BCUT2D eigenvalue weighted by molar-refractivity contribution is 7.88. The fourth-order valence-electron chi connectivity index (χ4n) is 6.02. The van der Waals surface area contributed by atoms with E-state index >= 15 is 0 Å². The number of nitrogens with one attached hydrogen (secondary N) is 1. The summed E-state index contributed by atoms with van der Waals surface area (Å²) in [6.07, 6.45) is 6.69. The second-order valence-electron chi connectivity index (χ2n) is 11.7. The molecule has 3 aromatic rings. The first-order valence-electron chi connectivity index (χ1n) is 15.1.